The Kier molecular flexibility index (Phi) is 5.75. The van der Waals surface area contributed by atoms with Crippen molar-refractivity contribution in [2.45, 2.75) is 0 Å². The Morgan fingerprint density at radius 3 is 2.61 bits per heavy atom. The fourth-order valence-electron chi connectivity index (χ4n) is 1.64. The normalized spacial score (nSPS) is 10.3. The van der Waals surface area contributed by atoms with Crippen LogP contribution in [-0.4, -0.2) is 17.2 Å². The summed E-state index contributed by atoms with van der Waals surface area (Å²) in [6, 6.07) is 9.43. The molecular weight excluding hydrogens is 430 g/mol. The molecule has 0 unspecified atom stereocenters. The van der Waals surface area contributed by atoms with Crippen molar-refractivity contribution in [1.82, 2.24) is 5.43 Å². The topological polar surface area (TPSA) is 110 Å². The molecule has 116 valence electrons. The first-order chi connectivity index (χ1) is 11.0. The molecule has 2 aromatic carbocycles. The number of nitrogens with zero attached hydrogens (tertiary/aromatic N) is 4. The van der Waals surface area contributed by atoms with Gasteiger partial charge in [-0.05, 0) is 45.7 Å². The number of carbonyl (C=O) groups excluding carboxylic acids is 1. The highest BCUT2D eigenvalue weighted by atomic mass is 79.9. The summed E-state index contributed by atoms with van der Waals surface area (Å²) in [5.74, 6) is -0.410. The number of hydrogen-bond acceptors (Lipinski definition) is 4. The summed E-state index contributed by atoms with van der Waals surface area (Å²) in [6.07, 6.45) is 1.33. The molecule has 9 heteroatoms. The summed E-state index contributed by atoms with van der Waals surface area (Å²) in [6.45, 7) is 0. The summed E-state index contributed by atoms with van der Waals surface area (Å²) in [5, 5.41) is 17.1. The third-order valence-corrected chi connectivity index (χ3v) is 3.78. The molecule has 0 saturated carbocycles. The van der Waals surface area contributed by atoms with Crippen molar-refractivity contribution in [3.05, 3.63) is 66.9 Å². The van der Waals surface area contributed by atoms with E-state index in [1.165, 1.54) is 30.5 Å². The summed E-state index contributed by atoms with van der Waals surface area (Å²) >= 11 is 6.51. The zero-order valence-electron chi connectivity index (χ0n) is 11.4. The van der Waals surface area contributed by atoms with Crippen molar-refractivity contribution in [3.8, 4) is 5.75 Å². The second-order valence-corrected chi connectivity index (χ2v) is 6.03. The van der Waals surface area contributed by atoms with Gasteiger partial charge >= 0.3 is 0 Å². The van der Waals surface area contributed by atoms with E-state index in [0.717, 1.165) is 4.47 Å². The number of hydrogen-bond donors (Lipinski definition) is 2. The SMILES string of the molecule is [N-]=[N+]=Nc1ccc(C(=O)N/N=C\c2cc(Br)cc(Br)c2O)cc1. The predicted octanol–water partition coefficient (Wildman–Crippen LogP) is 4.62. The van der Waals surface area contributed by atoms with Gasteiger partial charge in [0.2, 0.25) is 0 Å². The molecule has 2 rings (SSSR count). The Morgan fingerprint density at radius 1 is 1.26 bits per heavy atom. The number of benzene rings is 2. The van der Waals surface area contributed by atoms with Gasteiger partial charge in [-0.1, -0.05) is 33.2 Å². The first-order valence-electron chi connectivity index (χ1n) is 6.18. The molecule has 2 N–H and O–H groups in total. The van der Waals surface area contributed by atoms with Crippen LogP contribution in [0.3, 0.4) is 0 Å². The minimum atomic E-state index is -0.428. The number of amides is 1. The highest BCUT2D eigenvalue weighted by Crippen LogP contribution is 2.30. The molecule has 0 fully saturated rings. The van der Waals surface area contributed by atoms with Crippen molar-refractivity contribution in [2.24, 2.45) is 10.2 Å². The number of phenols is 1. The van der Waals surface area contributed by atoms with E-state index in [0.29, 0.717) is 21.3 Å². The molecule has 0 saturated heterocycles. The number of hydrazone groups is 1. The number of rotatable bonds is 4. The molecule has 0 spiro atoms. The third-order valence-electron chi connectivity index (χ3n) is 2.72. The molecule has 0 heterocycles. The van der Waals surface area contributed by atoms with Gasteiger partial charge in [0.25, 0.3) is 5.91 Å². The zero-order valence-corrected chi connectivity index (χ0v) is 14.6. The van der Waals surface area contributed by atoms with Crippen molar-refractivity contribution < 1.29 is 9.90 Å². The second kappa shape index (κ2) is 7.77. The van der Waals surface area contributed by atoms with E-state index in [1.807, 2.05) is 0 Å². The fraction of sp³-hybridized carbons (Fsp3) is 0. The highest BCUT2D eigenvalue weighted by molar-refractivity contribution is 9.11. The van der Waals surface area contributed by atoms with Crippen molar-refractivity contribution in [1.29, 1.82) is 0 Å². The summed E-state index contributed by atoms with van der Waals surface area (Å²) in [7, 11) is 0. The maximum atomic E-state index is 11.9. The van der Waals surface area contributed by atoms with Crippen LogP contribution in [0.1, 0.15) is 15.9 Å². The summed E-state index contributed by atoms with van der Waals surface area (Å²) in [4.78, 5) is 14.6. The van der Waals surface area contributed by atoms with Gasteiger partial charge in [0.15, 0.2) is 0 Å². The fourth-order valence-corrected chi connectivity index (χ4v) is 2.90. The largest absolute Gasteiger partial charge is 0.506 e. The van der Waals surface area contributed by atoms with Crippen LogP contribution >= 0.6 is 31.9 Å². The summed E-state index contributed by atoms with van der Waals surface area (Å²) < 4.78 is 1.26. The zero-order chi connectivity index (χ0) is 16.8. The van der Waals surface area contributed by atoms with Crippen LogP contribution in [0.25, 0.3) is 10.4 Å². The standard InChI is InChI=1S/C14H9Br2N5O2/c15-10-5-9(13(22)12(16)6-10)7-18-20-14(23)8-1-3-11(4-2-8)19-21-17/h1-7,22H,(H,20,23)/b18-7-. The molecule has 23 heavy (non-hydrogen) atoms. The molecule has 0 atom stereocenters. The van der Waals surface area contributed by atoms with Crippen LogP contribution in [0.5, 0.6) is 5.75 Å². The monoisotopic (exact) mass is 437 g/mol. The molecule has 0 bridgehead atoms. The number of nitrogens with one attached hydrogen (secondary N) is 1. The van der Waals surface area contributed by atoms with E-state index in [4.69, 9.17) is 5.53 Å². The number of carbonyl (C=O) groups is 1. The van der Waals surface area contributed by atoms with Gasteiger partial charge in [-0.3, -0.25) is 4.79 Å². The van der Waals surface area contributed by atoms with Gasteiger partial charge in [-0.25, -0.2) is 5.43 Å². The minimum Gasteiger partial charge on any atom is -0.506 e. The van der Waals surface area contributed by atoms with E-state index in [1.54, 1.807) is 12.1 Å². The highest BCUT2D eigenvalue weighted by Gasteiger charge is 2.06. The first-order valence-corrected chi connectivity index (χ1v) is 7.76. The van der Waals surface area contributed by atoms with Gasteiger partial charge in [-0.2, -0.15) is 5.10 Å². The smallest absolute Gasteiger partial charge is 0.271 e. The van der Waals surface area contributed by atoms with Crippen LogP contribution in [0.2, 0.25) is 0 Å². The predicted molar refractivity (Wildman–Crippen MR) is 93.8 cm³/mol. The number of aromatic hydroxyl groups is 1. The molecule has 2 aromatic rings. The van der Waals surface area contributed by atoms with Crippen LogP contribution in [0.4, 0.5) is 5.69 Å². The molecule has 7 nitrogen and oxygen atoms in total. The minimum absolute atomic E-state index is 0.0184. The summed E-state index contributed by atoms with van der Waals surface area (Å²) in [5.41, 5.74) is 11.9. The Labute approximate surface area is 147 Å². The molecule has 0 aliphatic heterocycles. The van der Waals surface area contributed by atoms with Gasteiger partial charge < -0.3 is 5.11 Å². The number of halogens is 2. The number of azide groups is 1. The van der Waals surface area contributed by atoms with E-state index >= 15 is 0 Å². The Morgan fingerprint density at radius 2 is 1.96 bits per heavy atom. The lowest BCUT2D eigenvalue weighted by atomic mass is 10.2. The van der Waals surface area contributed by atoms with Crippen molar-refractivity contribution in [2.75, 3.05) is 0 Å². The average Bonchev–Trinajstić information content (AvgIpc) is 2.53. The Hall–Kier alpha value is -2.35. The van der Waals surface area contributed by atoms with E-state index in [2.05, 4.69) is 52.4 Å². The van der Waals surface area contributed by atoms with Gasteiger partial charge in [0.1, 0.15) is 5.75 Å². The lowest BCUT2D eigenvalue weighted by Gasteiger charge is -2.03. The molecule has 0 aliphatic carbocycles. The van der Waals surface area contributed by atoms with E-state index in [9.17, 15) is 9.90 Å². The van der Waals surface area contributed by atoms with Crippen molar-refractivity contribution >= 4 is 49.7 Å². The Bertz CT molecular complexity index is 815. The molecule has 0 radical (unpaired) electrons. The molecule has 0 aromatic heterocycles. The van der Waals surface area contributed by atoms with Gasteiger partial charge in [0.05, 0.1) is 10.7 Å². The van der Waals surface area contributed by atoms with Crippen molar-refractivity contribution in [3.63, 3.8) is 0 Å². The van der Waals surface area contributed by atoms with Gasteiger partial charge in [-0.15, -0.1) is 0 Å². The lowest BCUT2D eigenvalue weighted by molar-refractivity contribution is 0.0955. The van der Waals surface area contributed by atoms with Crippen LogP contribution in [-0.2, 0) is 0 Å². The molecule has 0 aliphatic rings. The van der Waals surface area contributed by atoms with Crippen LogP contribution < -0.4 is 5.43 Å². The molecular formula is C14H9Br2N5O2. The van der Waals surface area contributed by atoms with E-state index < -0.39 is 5.91 Å². The lowest BCUT2D eigenvalue weighted by Crippen LogP contribution is -2.17. The first kappa shape index (κ1) is 17.0. The van der Waals surface area contributed by atoms with Gasteiger partial charge in [0, 0.05) is 26.2 Å². The Balaban J connectivity index is 2.08. The third kappa shape index (κ3) is 4.56. The average molecular weight is 439 g/mol. The maximum absolute atomic E-state index is 11.9. The van der Waals surface area contributed by atoms with Crippen LogP contribution in [0.15, 0.2) is 55.6 Å². The molecule has 1 amide bonds. The van der Waals surface area contributed by atoms with Crippen LogP contribution in [0, 0.1) is 0 Å². The van der Waals surface area contributed by atoms with E-state index in [-0.39, 0.29) is 5.75 Å². The second-order valence-electron chi connectivity index (χ2n) is 4.26. The quantitative estimate of drug-likeness (QED) is 0.238. The number of phenolic OH excluding ortho intramolecular Hbond substituents is 1. The maximum Gasteiger partial charge on any atom is 0.271 e.